The zero-order valence-electron chi connectivity index (χ0n) is 14.5. The highest BCUT2D eigenvalue weighted by Gasteiger charge is 2.43. The number of nitrogens with zero attached hydrogens (tertiary/aromatic N) is 2. The van der Waals surface area contributed by atoms with Gasteiger partial charge in [-0.1, -0.05) is 18.2 Å². The van der Waals surface area contributed by atoms with Gasteiger partial charge in [0.2, 0.25) is 0 Å². The van der Waals surface area contributed by atoms with Gasteiger partial charge in [0.15, 0.2) is 5.11 Å². The highest BCUT2D eigenvalue weighted by molar-refractivity contribution is 7.80. The first-order valence-electron chi connectivity index (χ1n) is 8.39. The lowest BCUT2D eigenvalue weighted by atomic mass is 10.0. The lowest BCUT2D eigenvalue weighted by Gasteiger charge is -2.27. The van der Waals surface area contributed by atoms with E-state index in [0.29, 0.717) is 5.11 Å². The monoisotopic (exact) mass is 365 g/mol. The van der Waals surface area contributed by atoms with Crippen molar-refractivity contribution in [3.8, 4) is 5.75 Å². The van der Waals surface area contributed by atoms with Crippen molar-refractivity contribution in [1.82, 2.24) is 10.3 Å². The molecular formula is C20H19N3O2S. The normalized spacial score (nSPS) is 19.5. The number of hydrogen-bond acceptors (Lipinski definition) is 4. The molecule has 0 unspecified atom stereocenters. The fraction of sp³-hybridized carbons (Fsp3) is 0.200. The third-order valence-electron chi connectivity index (χ3n) is 4.50. The van der Waals surface area contributed by atoms with Crippen molar-refractivity contribution in [1.29, 1.82) is 0 Å². The van der Waals surface area contributed by atoms with Gasteiger partial charge in [-0.05, 0) is 55.5 Å². The number of thiocarbonyl (C=S) groups is 1. The van der Waals surface area contributed by atoms with E-state index < -0.39 is 0 Å². The summed E-state index contributed by atoms with van der Waals surface area (Å²) in [7, 11) is 1.66. The topological polar surface area (TPSA) is 50.5 Å². The molecule has 1 saturated heterocycles. The SMILES string of the molecule is COc1ccccc1N1C(=S)N[C@@H](c2ccccn2)[C@@H]1c1ccc(C)o1. The van der Waals surface area contributed by atoms with E-state index in [1.165, 1.54) is 0 Å². The average Bonchev–Trinajstić information content (AvgIpc) is 3.25. The van der Waals surface area contributed by atoms with E-state index in [-0.39, 0.29) is 12.1 Å². The first kappa shape index (κ1) is 16.6. The molecule has 3 heterocycles. The molecule has 1 fully saturated rings. The molecule has 0 amide bonds. The highest BCUT2D eigenvalue weighted by atomic mass is 32.1. The summed E-state index contributed by atoms with van der Waals surface area (Å²) in [6, 6.07) is 17.4. The molecule has 1 N–H and O–H groups in total. The van der Waals surface area contributed by atoms with Crippen LogP contribution in [0.3, 0.4) is 0 Å². The number of ether oxygens (including phenoxy) is 1. The fourth-order valence-electron chi connectivity index (χ4n) is 3.34. The van der Waals surface area contributed by atoms with Gasteiger partial charge in [-0.15, -0.1) is 0 Å². The average molecular weight is 365 g/mol. The number of furan rings is 1. The summed E-state index contributed by atoms with van der Waals surface area (Å²) in [6.45, 7) is 1.94. The third kappa shape index (κ3) is 2.82. The summed E-state index contributed by atoms with van der Waals surface area (Å²) in [5.41, 5.74) is 1.80. The van der Waals surface area contributed by atoms with Crippen LogP contribution in [0.15, 0.2) is 65.2 Å². The second kappa shape index (κ2) is 6.80. The van der Waals surface area contributed by atoms with Gasteiger partial charge in [-0.2, -0.15) is 0 Å². The molecule has 5 nitrogen and oxygen atoms in total. The Balaban J connectivity index is 1.85. The summed E-state index contributed by atoms with van der Waals surface area (Å²) < 4.78 is 11.5. The van der Waals surface area contributed by atoms with E-state index >= 15 is 0 Å². The largest absolute Gasteiger partial charge is 0.495 e. The standard InChI is InChI=1S/C20H19N3O2S/c1-13-10-11-17(25-13)19-18(14-7-5-6-12-21-14)22-20(26)23(19)15-8-3-4-9-16(15)24-2/h3-12,18-19H,1-2H3,(H,22,26)/t18-,19-/m0/s1. The maximum atomic E-state index is 5.98. The molecule has 6 heteroatoms. The molecular weight excluding hydrogens is 346 g/mol. The van der Waals surface area contributed by atoms with Crippen molar-refractivity contribution in [2.45, 2.75) is 19.0 Å². The number of rotatable bonds is 4. The molecule has 0 aliphatic carbocycles. The van der Waals surface area contributed by atoms with Crippen LogP contribution in [0.25, 0.3) is 0 Å². The van der Waals surface area contributed by atoms with E-state index in [4.69, 9.17) is 21.4 Å². The van der Waals surface area contributed by atoms with Gasteiger partial charge in [0.25, 0.3) is 0 Å². The number of pyridine rings is 1. The van der Waals surface area contributed by atoms with Gasteiger partial charge in [0.05, 0.1) is 24.5 Å². The Morgan fingerprint density at radius 3 is 2.62 bits per heavy atom. The first-order valence-corrected chi connectivity index (χ1v) is 8.80. The molecule has 0 bridgehead atoms. The summed E-state index contributed by atoms with van der Waals surface area (Å²) in [5.74, 6) is 2.44. The molecule has 2 atom stereocenters. The Morgan fingerprint density at radius 2 is 1.92 bits per heavy atom. The van der Waals surface area contributed by atoms with Crippen molar-refractivity contribution >= 4 is 23.0 Å². The molecule has 0 radical (unpaired) electrons. The summed E-state index contributed by atoms with van der Waals surface area (Å²) in [6.07, 6.45) is 1.79. The Labute approximate surface area is 157 Å². The quantitative estimate of drug-likeness (QED) is 0.701. The number of para-hydroxylation sites is 2. The van der Waals surface area contributed by atoms with Crippen molar-refractivity contribution in [3.63, 3.8) is 0 Å². The van der Waals surface area contributed by atoms with Crippen molar-refractivity contribution in [2.24, 2.45) is 0 Å². The van der Waals surface area contributed by atoms with Crippen molar-refractivity contribution < 1.29 is 9.15 Å². The number of methoxy groups -OCH3 is 1. The molecule has 2 aromatic heterocycles. The smallest absolute Gasteiger partial charge is 0.174 e. The zero-order chi connectivity index (χ0) is 18.1. The second-order valence-electron chi connectivity index (χ2n) is 6.12. The highest BCUT2D eigenvalue weighted by Crippen LogP contribution is 2.44. The predicted molar refractivity (Wildman–Crippen MR) is 104 cm³/mol. The first-order chi connectivity index (χ1) is 12.7. The second-order valence-corrected chi connectivity index (χ2v) is 6.50. The molecule has 0 spiro atoms. The maximum absolute atomic E-state index is 5.98. The van der Waals surface area contributed by atoms with Gasteiger partial charge in [0.1, 0.15) is 23.3 Å². The molecule has 1 aromatic carbocycles. The summed E-state index contributed by atoms with van der Waals surface area (Å²) in [4.78, 5) is 6.57. The Hall–Kier alpha value is -2.86. The molecule has 132 valence electrons. The van der Waals surface area contributed by atoms with Crippen LogP contribution in [-0.2, 0) is 0 Å². The van der Waals surface area contributed by atoms with E-state index in [1.807, 2.05) is 66.4 Å². The number of aryl methyl sites for hydroxylation is 1. The number of hydrogen-bond donors (Lipinski definition) is 1. The van der Waals surface area contributed by atoms with Gasteiger partial charge in [0, 0.05) is 6.20 Å². The van der Waals surface area contributed by atoms with Crippen LogP contribution in [0.4, 0.5) is 5.69 Å². The lowest BCUT2D eigenvalue weighted by Crippen LogP contribution is -2.29. The fourth-order valence-corrected chi connectivity index (χ4v) is 3.68. The Bertz CT molecular complexity index is 926. The van der Waals surface area contributed by atoms with Gasteiger partial charge in [-0.3, -0.25) is 4.98 Å². The van der Waals surface area contributed by atoms with E-state index in [0.717, 1.165) is 28.7 Å². The number of nitrogens with one attached hydrogen (secondary N) is 1. The predicted octanol–water partition coefficient (Wildman–Crippen LogP) is 4.17. The Morgan fingerprint density at radius 1 is 1.12 bits per heavy atom. The lowest BCUT2D eigenvalue weighted by molar-refractivity contribution is 0.404. The minimum atomic E-state index is -0.164. The third-order valence-corrected chi connectivity index (χ3v) is 4.81. The van der Waals surface area contributed by atoms with Crippen LogP contribution in [0.1, 0.15) is 29.3 Å². The summed E-state index contributed by atoms with van der Waals surface area (Å²) in [5, 5.41) is 4.02. The molecule has 0 saturated carbocycles. The maximum Gasteiger partial charge on any atom is 0.174 e. The zero-order valence-corrected chi connectivity index (χ0v) is 15.4. The number of benzene rings is 1. The molecule has 3 aromatic rings. The molecule has 4 rings (SSSR count). The minimum absolute atomic E-state index is 0.126. The van der Waals surface area contributed by atoms with Gasteiger partial charge in [-0.25, -0.2) is 0 Å². The van der Waals surface area contributed by atoms with Gasteiger partial charge >= 0.3 is 0 Å². The Kier molecular flexibility index (Phi) is 4.34. The van der Waals surface area contributed by atoms with Crippen LogP contribution in [0.2, 0.25) is 0 Å². The molecule has 26 heavy (non-hydrogen) atoms. The van der Waals surface area contributed by atoms with E-state index in [9.17, 15) is 0 Å². The number of aromatic nitrogens is 1. The van der Waals surface area contributed by atoms with Crippen LogP contribution in [0.5, 0.6) is 5.75 Å². The van der Waals surface area contributed by atoms with Crippen LogP contribution >= 0.6 is 12.2 Å². The van der Waals surface area contributed by atoms with Crippen LogP contribution in [0, 0.1) is 6.92 Å². The number of anilines is 1. The van der Waals surface area contributed by atoms with Gasteiger partial charge < -0.3 is 19.4 Å². The molecule has 1 aliphatic rings. The molecule has 1 aliphatic heterocycles. The minimum Gasteiger partial charge on any atom is -0.495 e. The van der Waals surface area contributed by atoms with Crippen molar-refractivity contribution in [2.75, 3.05) is 12.0 Å². The van der Waals surface area contributed by atoms with Crippen LogP contribution < -0.4 is 15.0 Å². The van der Waals surface area contributed by atoms with Crippen molar-refractivity contribution in [3.05, 3.63) is 78.0 Å². The van der Waals surface area contributed by atoms with E-state index in [1.54, 1.807) is 13.3 Å². The summed E-state index contributed by atoms with van der Waals surface area (Å²) >= 11 is 5.68. The van der Waals surface area contributed by atoms with Crippen LogP contribution in [-0.4, -0.2) is 17.2 Å². The van der Waals surface area contributed by atoms with E-state index in [2.05, 4.69) is 10.3 Å².